The summed E-state index contributed by atoms with van der Waals surface area (Å²) in [6.45, 7) is 3.99. The lowest BCUT2D eigenvalue weighted by Gasteiger charge is -2.33. The SMILES string of the molecule is CCOC(=O)C(CC1CCCCC1)(NC)C(=O)OCC. The Morgan fingerprint density at radius 2 is 1.55 bits per heavy atom. The Morgan fingerprint density at radius 3 is 1.95 bits per heavy atom. The van der Waals surface area contributed by atoms with Gasteiger partial charge in [0.2, 0.25) is 5.54 Å². The fourth-order valence-corrected chi connectivity index (χ4v) is 2.89. The Bertz CT molecular complexity index is 306. The van der Waals surface area contributed by atoms with Gasteiger partial charge >= 0.3 is 11.9 Å². The van der Waals surface area contributed by atoms with Crippen LogP contribution >= 0.6 is 0 Å². The lowest BCUT2D eigenvalue weighted by Crippen LogP contribution is -2.59. The number of rotatable bonds is 7. The highest BCUT2D eigenvalue weighted by atomic mass is 16.6. The number of likely N-dealkylation sites (N-methyl/N-ethyl adjacent to an activating group) is 1. The molecule has 0 aromatic rings. The molecule has 20 heavy (non-hydrogen) atoms. The Morgan fingerprint density at radius 1 is 1.05 bits per heavy atom. The predicted octanol–water partition coefficient (Wildman–Crippen LogP) is 2.04. The molecule has 0 amide bonds. The second-order valence-electron chi connectivity index (χ2n) is 5.30. The molecule has 1 rings (SSSR count). The van der Waals surface area contributed by atoms with E-state index in [0.29, 0.717) is 12.3 Å². The van der Waals surface area contributed by atoms with Crippen molar-refractivity contribution in [1.29, 1.82) is 0 Å². The maximum absolute atomic E-state index is 12.3. The monoisotopic (exact) mass is 285 g/mol. The van der Waals surface area contributed by atoms with Crippen LogP contribution in [0.1, 0.15) is 52.4 Å². The summed E-state index contributed by atoms with van der Waals surface area (Å²) in [5.74, 6) is -0.678. The van der Waals surface area contributed by atoms with Crippen LogP contribution in [0.4, 0.5) is 0 Å². The summed E-state index contributed by atoms with van der Waals surface area (Å²) in [7, 11) is 1.62. The summed E-state index contributed by atoms with van der Waals surface area (Å²) in [5, 5.41) is 2.88. The summed E-state index contributed by atoms with van der Waals surface area (Å²) in [6, 6.07) is 0. The van der Waals surface area contributed by atoms with Crippen molar-refractivity contribution in [2.24, 2.45) is 5.92 Å². The lowest BCUT2D eigenvalue weighted by molar-refractivity contribution is -0.167. The van der Waals surface area contributed by atoms with Gasteiger partial charge in [0.15, 0.2) is 0 Å². The average Bonchev–Trinajstić information content (AvgIpc) is 2.46. The topological polar surface area (TPSA) is 64.6 Å². The minimum atomic E-state index is -1.35. The van der Waals surface area contributed by atoms with Crippen LogP contribution in [0.3, 0.4) is 0 Å². The molecule has 1 aliphatic rings. The minimum absolute atomic E-state index is 0.256. The van der Waals surface area contributed by atoms with Crippen molar-refractivity contribution in [3.63, 3.8) is 0 Å². The van der Waals surface area contributed by atoms with E-state index in [9.17, 15) is 9.59 Å². The highest BCUT2D eigenvalue weighted by molar-refractivity contribution is 6.05. The van der Waals surface area contributed by atoms with E-state index in [-0.39, 0.29) is 13.2 Å². The first-order chi connectivity index (χ1) is 9.60. The van der Waals surface area contributed by atoms with Gasteiger partial charge in [0, 0.05) is 0 Å². The van der Waals surface area contributed by atoms with Gasteiger partial charge in [-0.25, -0.2) is 9.59 Å². The fourth-order valence-electron chi connectivity index (χ4n) is 2.89. The van der Waals surface area contributed by atoms with Gasteiger partial charge in [-0.2, -0.15) is 0 Å². The zero-order valence-electron chi connectivity index (χ0n) is 12.9. The number of carbonyl (C=O) groups excluding carboxylic acids is 2. The number of ether oxygens (including phenoxy) is 2. The van der Waals surface area contributed by atoms with Gasteiger partial charge in [-0.05, 0) is 33.2 Å². The van der Waals surface area contributed by atoms with E-state index in [4.69, 9.17) is 9.47 Å². The second-order valence-corrected chi connectivity index (χ2v) is 5.30. The molecule has 5 nitrogen and oxygen atoms in total. The molecule has 0 aromatic heterocycles. The van der Waals surface area contributed by atoms with Crippen LogP contribution in [0.2, 0.25) is 0 Å². The number of esters is 2. The zero-order chi connectivity index (χ0) is 15.0. The van der Waals surface area contributed by atoms with Gasteiger partial charge in [-0.3, -0.25) is 5.32 Å². The Hall–Kier alpha value is -1.10. The normalized spacial score (nSPS) is 16.8. The molecule has 0 radical (unpaired) electrons. The smallest absolute Gasteiger partial charge is 0.338 e. The van der Waals surface area contributed by atoms with Gasteiger partial charge in [0.1, 0.15) is 0 Å². The fraction of sp³-hybridized carbons (Fsp3) is 0.867. The quantitative estimate of drug-likeness (QED) is 0.573. The highest BCUT2D eigenvalue weighted by Gasteiger charge is 2.49. The average molecular weight is 285 g/mol. The highest BCUT2D eigenvalue weighted by Crippen LogP contribution is 2.32. The molecule has 1 N–H and O–H groups in total. The van der Waals surface area contributed by atoms with E-state index >= 15 is 0 Å². The minimum Gasteiger partial charge on any atom is -0.464 e. The van der Waals surface area contributed by atoms with Gasteiger partial charge in [0.05, 0.1) is 13.2 Å². The Balaban J connectivity index is 2.90. The molecule has 0 heterocycles. The van der Waals surface area contributed by atoms with Gasteiger partial charge in [0.25, 0.3) is 0 Å². The second kappa shape index (κ2) is 8.25. The van der Waals surface area contributed by atoms with Crippen molar-refractivity contribution in [1.82, 2.24) is 5.32 Å². The summed E-state index contributed by atoms with van der Waals surface area (Å²) >= 11 is 0. The molecular weight excluding hydrogens is 258 g/mol. The third-order valence-electron chi connectivity index (χ3n) is 3.99. The van der Waals surface area contributed by atoms with Crippen LogP contribution in [-0.2, 0) is 19.1 Å². The van der Waals surface area contributed by atoms with Crippen LogP contribution in [-0.4, -0.2) is 37.7 Å². The molecule has 0 spiro atoms. The zero-order valence-corrected chi connectivity index (χ0v) is 12.9. The molecule has 1 aliphatic carbocycles. The largest absolute Gasteiger partial charge is 0.464 e. The van der Waals surface area contributed by atoms with E-state index in [2.05, 4.69) is 5.32 Å². The van der Waals surface area contributed by atoms with Gasteiger partial charge < -0.3 is 9.47 Å². The van der Waals surface area contributed by atoms with Crippen LogP contribution < -0.4 is 5.32 Å². The third kappa shape index (κ3) is 3.95. The van der Waals surface area contributed by atoms with Crippen molar-refractivity contribution in [2.75, 3.05) is 20.3 Å². The third-order valence-corrected chi connectivity index (χ3v) is 3.99. The van der Waals surface area contributed by atoms with Crippen molar-refractivity contribution < 1.29 is 19.1 Å². The van der Waals surface area contributed by atoms with Crippen molar-refractivity contribution in [2.45, 2.75) is 57.9 Å². The molecule has 0 aliphatic heterocycles. The summed E-state index contributed by atoms with van der Waals surface area (Å²) in [6.07, 6.45) is 6.14. The van der Waals surface area contributed by atoms with Crippen LogP contribution in [0.5, 0.6) is 0 Å². The van der Waals surface area contributed by atoms with Crippen LogP contribution in [0.15, 0.2) is 0 Å². The summed E-state index contributed by atoms with van der Waals surface area (Å²) in [5.41, 5.74) is -1.35. The Labute approximate surface area is 121 Å². The molecule has 1 saturated carbocycles. The van der Waals surface area contributed by atoms with E-state index in [0.717, 1.165) is 25.7 Å². The maximum Gasteiger partial charge on any atom is 0.338 e. The maximum atomic E-state index is 12.3. The van der Waals surface area contributed by atoms with Gasteiger partial charge in [-0.15, -0.1) is 0 Å². The van der Waals surface area contributed by atoms with E-state index in [1.807, 2.05) is 0 Å². The number of carbonyl (C=O) groups is 2. The van der Waals surface area contributed by atoms with E-state index < -0.39 is 17.5 Å². The van der Waals surface area contributed by atoms with E-state index in [1.165, 1.54) is 6.42 Å². The number of hydrogen-bond donors (Lipinski definition) is 1. The first-order valence-electron chi connectivity index (χ1n) is 7.64. The van der Waals surface area contributed by atoms with Crippen molar-refractivity contribution in [3.05, 3.63) is 0 Å². The van der Waals surface area contributed by atoms with E-state index in [1.54, 1.807) is 20.9 Å². The molecule has 5 heteroatoms. The van der Waals surface area contributed by atoms with Crippen LogP contribution in [0.25, 0.3) is 0 Å². The molecule has 0 saturated heterocycles. The molecular formula is C15H27NO4. The summed E-state index contributed by atoms with van der Waals surface area (Å²) < 4.78 is 10.2. The molecule has 0 aromatic carbocycles. The molecule has 0 bridgehead atoms. The molecule has 1 fully saturated rings. The first-order valence-corrected chi connectivity index (χ1v) is 7.64. The standard InChI is InChI=1S/C15H27NO4/c1-4-19-13(17)15(16-3,14(18)20-5-2)11-12-9-7-6-8-10-12/h12,16H,4-11H2,1-3H3. The molecule has 116 valence electrons. The molecule has 0 atom stereocenters. The van der Waals surface area contributed by atoms with Crippen molar-refractivity contribution in [3.8, 4) is 0 Å². The predicted molar refractivity (Wildman–Crippen MR) is 76.2 cm³/mol. The molecule has 0 unspecified atom stereocenters. The van der Waals surface area contributed by atoms with Crippen molar-refractivity contribution >= 4 is 11.9 Å². The Kier molecular flexibility index (Phi) is 6.99. The summed E-state index contributed by atoms with van der Waals surface area (Å²) in [4.78, 5) is 24.6. The van der Waals surface area contributed by atoms with Crippen LogP contribution in [0, 0.1) is 5.92 Å². The lowest BCUT2D eigenvalue weighted by atomic mass is 9.79. The first kappa shape index (κ1) is 17.0. The number of hydrogen-bond acceptors (Lipinski definition) is 5. The van der Waals surface area contributed by atoms with Gasteiger partial charge in [-0.1, -0.05) is 32.1 Å². The number of nitrogens with one attached hydrogen (secondary N) is 1.